The molecular weight excluding hydrogens is 414 g/mol. The van der Waals surface area contributed by atoms with Crippen molar-refractivity contribution in [1.29, 1.82) is 0 Å². The lowest BCUT2D eigenvalue weighted by Crippen LogP contribution is -2.55. The van der Waals surface area contributed by atoms with E-state index in [2.05, 4.69) is 10.6 Å². The zero-order valence-corrected chi connectivity index (χ0v) is 19.6. The molecule has 0 radical (unpaired) electrons. The summed E-state index contributed by atoms with van der Waals surface area (Å²) in [6, 6.07) is 3.42. The minimum Gasteiger partial charge on any atom is -0.508 e. The molecule has 4 atom stereocenters. The minimum absolute atomic E-state index is 0.0355. The molecule has 178 valence electrons. The molecule has 0 aromatic heterocycles. The highest BCUT2D eigenvalue weighted by atomic mass is 16.6. The van der Waals surface area contributed by atoms with E-state index < -0.39 is 42.2 Å². The highest BCUT2D eigenvalue weighted by molar-refractivity contribution is 5.92. The first-order chi connectivity index (χ1) is 14.8. The summed E-state index contributed by atoms with van der Waals surface area (Å²) in [5.74, 6) is -0.898. The highest BCUT2D eigenvalue weighted by Crippen LogP contribution is 2.41. The van der Waals surface area contributed by atoms with E-state index in [1.807, 2.05) is 20.8 Å². The molecule has 32 heavy (non-hydrogen) atoms. The van der Waals surface area contributed by atoms with Gasteiger partial charge in [0.2, 0.25) is 11.8 Å². The Bertz CT molecular complexity index is 835. The molecule has 1 aliphatic carbocycles. The molecule has 1 fully saturated rings. The Balaban J connectivity index is 2.41. The molecule has 0 saturated heterocycles. The van der Waals surface area contributed by atoms with Gasteiger partial charge in [-0.2, -0.15) is 0 Å². The number of carbonyl (C=O) groups excluding carboxylic acids is 3. The number of rotatable bonds is 8. The molecule has 9 heteroatoms. The summed E-state index contributed by atoms with van der Waals surface area (Å²) in [5.41, 5.74) is -0.344. The van der Waals surface area contributed by atoms with Crippen LogP contribution in [-0.4, -0.2) is 63.4 Å². The van der Waals surface area contributed by atoms with Crippen LogP contribution in [0.3, 0.4) is 0 Å². The molecule has 3 amide bonds. The van der Waals surface area contributed by atoms with Gasteiger partial charge < -0.3 is 30.5 Å². The molecule has 2 rings (SSSR count). The van der Waals surface area contributed by atoms with E-state index in [0.717, 1.165) is 0 Å². The molecule has 0 heterocycles. The van der Waals surface area contributed by atoms with E-state index in [9.17, 15) is 24.6 Å². The molecule has 1 aromatic rings. The van der Waals surface area contributed by atoms with Crippen LogP contribution in [0.4, 0.5) is 4.79 Å². The quantitative estimate of drug-likeness (QED) is 0.481. The largest absolute Gasteiger partial charge is 0.508 e. The lowest BCUT2D eigenvalue weighted by atomic mass is 10.0. The Labute approximate surface area is 189 Å². The van der Waals surface area contributed by atoms with E-state index in [4.69, 9.17) is 4.74 Å². The van der Waals surface area contributed by atoms with E-state index >= 15 is 0 Å². The second kappa shape index (κ2) is 10.2. The van der Waals surface area contributed by atoms with Crippen LogP contribution < -0.4 is 10.6 Å². The minimum atomic E-state index is -1.29. The van der Waals surface area contributed by atoms with Gasteiger partial charge in [0.15, 0.2) is 0 Å². The van der Waals surface area contributed by atoms with Gasteiger partial charge in [0.05, 0.1) is 6.61 Å². The second-order valence-electron chi connectivity index (χ2n) is 9.57. The number of aromatic hydroxyl groups is 1. The fourth-order valence-corrected chi connectivity index (χ4v) is 3.48. The van der Waals surface area contributed by atoms with Crippen LogP contribution >= 0.6 is 0 Å². The maximum Gasteiger partial charge on any atom is 0.408 e. The van der Waals surface area contributed by atoms with Crippen molar-refractivity contribution in [3.8, 4) is 5.75 Å². The summed E-state index contributed by atoms with van der Waals surface area (Å²) in [5, 5.41) is 25.1. The number of carbonyl (C=O) groups is 3. The number of amides is 3. The predicted octanol–water partition coefficient (Wildman–Crippen LogP) is 2.08. The van der Waals surface area contributed by atoms with Crippen LogP contribution in [-0.2, 0) is 14.3 Å². The average Bonchev–Trinajstić information content (AvgIpc) is 3.37. The Kier molecular flexibility index (Phi) is 8.12. The SMILES string of the molecule is CC(C)NC(=O)C(c1cccc(O)c1)N(C(=O)C(CO)NC(=O)OC(C)(C)C)C1CC1C. The maximum atomic E-state index is 13.5. The van der Waals surface area contributed by atoms with Crippen molar-refractivity contribution in [2.45, 2.75) is 77.7 Å². The van der Waals surface area contributed by atoms with Crippen molar-refractivity contribution in [2.24, 2.45) is 5.92 Å². The van der Waals surface area contributed by atoms with E-state index in [1.165, 1.54) is 17.0 Å². The van der Waals surface area contributed by atoms with Crippen LogP contribution in [0.15, 0.2) is 24.3 Å². The third kappa shape index (κ3) is 6.85. The Morgan fingerprint density at radius 1 is 1.22 bits per heavy atom. The molecule has 4 N–H and O–H groups in total. The number of ether oxygens (including phenoxy) is 1. The fraction of sp³-hybridized carbons (Fsp3) is 0.609. The predicted molar refractivity (Wildman–Crippen MR) is 119 cm³/mol. The molecular formula is C23H35N3O6. The number of hydrogen-bond acceptors (Lipinski definition) is 6. The van der Waals surface area contributed by atoms with Gasteiger partial charge in [0, 0.05) is 12.1 Å². The van der Waals surface area contributed by atoms with Gasteiger partial charge in [0.1, 0.15) is 23.4 Å². The van der Waals surface area contributed by atoms with Crippen molar-refractivity contribution in [3.05, 3.63) is 29.8 Å². The summed E-state index contributed by atoms with van der Waals surface area (Å²) in [4.78, 5) is 40.4. The third-order valence-corrected chi connectivity index (χ3v) is 4.99. The summed E-state index contributed by atoms with van der Waals surface area (Å²) >= 11 is 0. The third-order valence-electron chi connectivity index (χ3n) is 4.99. The zero-order valence-electron chi connectivity index (χ0n) is 19.6. The number of aliphatic hydroxyl groups is 1. The molecule has 1 saturated carbocycles. The first-order valence-electron chi connectivity index (χ1n) is 10.9. The van der Waals surface area contributed by atoms with Crippen LogP contribution in [0.2, 0.25) is 0 Å². The molecule has 0 bridgehead atoms. The second-order valence-corrected chi connectivity index (χ2v) is 9.57. The fourth-order valence-electron chi connectivity index (χ4n) is 3.48. The van der Waals surface area contributed by atoms with Crippen molar-refractivity contribution in [1.82, 2.24) is 15.5 Å². The number of alkyl carbamates (subject to hydrolysis) is 1. The Morgan fingerprint density at radius 2 is 1.84 bits per heavy atom. The van der Waals surface area contributed by atoms with E-state index in [0.29, 0.717) is 12.0 Å². The van der Waals surface area contributed by atoms with E-state index in [-0.39, 0.29) is 23.8 Å². The Morgan fingerprint density at radius 3 is 2.31 bits per heavy atom. The summed E-state index contributed by atoms with van der Waals surface area (Å²) in [7, 11) is 0. The molecule has 9 nitrogen and oxygen atoms in total. The number of phenolic OH excluding ortho intramolecular Hbond substituents is 1. The van der Waals surface area contributed by atoms with Crippen LogP contribution in [0.25, 0.3) is 0 Å². The highest BCUT2D eigenvalue weighted by Gasteiger charge is 2.48. The number of nitrogens with one attached hydrogen (secondary N) is 2. The van der Waals surface area contributed by atoms with Crippen molar-refractivity contribution >= 4 is 17.9 Å². The van der Waals surface area contributed by atoms with E-state index in [1.54, 1.807) is 32.9 Å². The normalized spacial score (nSPS) is 19.6. The first kappa shape index (κ1) is 25.5. The van der Waals surface area contributed by atoms with Crippen LogP contribution in [0.5, 0.6) is 5.75 Å². The van der Waals surface area contributed by atoms with Gasteiger partial charge in [0.25, 0.3) is 0 Å². The summed E-state index contributed by atoms with van der Waals surface area (Å²) in [6.07, 6.45) is -0.158. The molecule has 0 aliphatic heterocycles. The topological polar surface area (TPSA) is 128 Å². The monoisotopic (exact) mass is 449 g/mol. The van der Waals surface area contributed by atoms with Gasteiger partial charge in [-0.3, -0.25) is 9.59 Å². The number of benzene rings is 1. The molecule has 1 aromatic carbocycles. The molecule has 4 unspecified atom stereocenters. The van der Waals surface area contributed by atoms with Crippen molar-refractivity contribution < 1.29 is 29.3 Å². The van der Waals surface area contributed by atoms with Crippen molar-refractivity contribution in [2.75, 3.05) is 6.61 Å². The first-order valence-corrected chi connectivity index (χ1v) is 10.9. The number of phenols is 1. The summed E-state index contributed by atoms with van der Waals surface area (Å²) in [6.45, 7) is 9.99. The van der Waals surface area contributed by atoms with Crippen LogP contribution in [0.1, 0.15) is 59.6 Å². The van der Waals surface area contributed by atoms with Gasteiger partial charge in [-0.25, -0.2) is 4.79 Å². The molecule has 1 aliphatic rings. The zero-order chi connectivity index (χ0) is 24.2. The average molecular weight is 450 g/mol. The van der Waals surface area contributed by atoms with Gasteiger partial charge in [-0.1, -0.05) is 19.1 Å². The lowest BCUT2D eigenvalue weighted by molar-refractivity contribution is -0.144. The number of aliphatic hydroxyl groups excluding tert-OH is 1. The number of hydrogen-bond donors (Lipinski definition) is 4. The van der Waals surface area contributed by atoms with Crippen molar-refractivity contribution in [3.63, 3.8) is 0 Å². The lowest BCUT2D eigenvalue weighted by Gasteiger charge is -2.35. The number of nitrogens with zero attached hydrogens (tertiary/aromatic N) is 1. The summed E-state index contributed by atoms with van der Waals surface area (Å²) < 4.78 is 5.21. The maximum absolute atomic E-state index is 13.5. The molecule has 0 spiro atoms. The standard InChI is InChI=1S/C23H35N3O6/c1-13(2)24-20(29)19(15-8-7-9-16(28)11-15)26(18-10-14(18)3)21(30)17(12-27)25-22(31)32-23(4,5)6/h7-9,11,13-14,17-19,27-28H,10,12H2,1-6H3,(H,24,29)(H,25,31). The smallest absolute Gasteiger partial charge is 0.408 e. The van der Waals surface area contributed by atoms with Crippen LogP contribution in [0, 0.1) is 5.92 Å². The van der Waals surface area contributed by atoms with Gasteiger partial charge in [-0.05, 0) is 64.7 Å². The van der Waals surface area contributed by atoms with Gasteiger partial charge >= 0.3 is 6.09 Å². The Hall–Kier alpha value is -2.81. The van der Waals surface area contributed by atoms with Gasteiger partial charge in [-0.15, -0.1) is 0 Å².